The van der Waals surface area contributed by atoms with Crippen LogP contribution in [0.1, 0.15) is 35.8 Å². The van der Waals surface area contributed by atoms with Gasteiger partial charge < -0.3 is 24.7 Å². The summed E-state index contributed by atoms with van der Waals surface area (Å²) in [5.41, 5.74) is 3.32. The third-order valence-electron chi connectivity index (χ3n) is 5.09. The van der Waals surface area contributed by atoms with E-state index in [1.54, 1.807) is 6.20 Å². The zero-order valence-corrected chi connectivity index (χ0v) is 18.8. The fraction of sp³-hybridized carbons (Fsp3) is 0.375. The summed E-state index contributed by atoms with van der Waals surface area (Å²) < 4.78 is 11.8. The first-order chi connectivity index (χ1) is 15.6. The minimum Gasteiger partial charge on any atom is -0.464 e. The molecule has 1 amide bonds. The van der Waals surface area contributed by atoms with Crippen molar-refractivity contribution in [3.05, 3.63) is 53.9 Å². The van der Waals surface area contributed by atoms with E-state index in [2.05, 4.69) is 34.7 Å². The molecule has 8 heteroatoms. The molecule has 0 spiro atoms. The summed E-state index contributed by atoms with van der Waals surface area (Å²) in [4.78, 5) is 29.8. The molecule has 0 unspecified atom stereocenters. The molecule has 1 aromatic carbocycles. The number of esters is 1. The van der Waals surface area contributed by atoms with E-state index in [-0.39, 0.29) is 18.2 Å². The van der Waals surface area contributed by atoms with E-state index in [0.29, 0.717) is 23.3 Å². The van der Waals surface area contributed by atoms with E-state index >= 15 is 0 Å². The summed E-state index contributed by atoms with van der Waals surface area (Å²) in [5.74, 6) is -0.883. The lowest BCUT2D eigenvalue weighted by atomic mass is 10.1. The second kappa shape index (κ2) is 11.3. The van der Waals surface area contributed by atoms with Gasteiger partial charge in [-0.25, -0.2) is 9.78 Å². The average Bonchev–Trinajstić information content (AvgIpc) is 3.10. The van der Waals surface area contributed by atoms with Gasteiger partial charge in [-0.2, -0.15) is 0 Å². The normalized spacial score (nSPS) is 10.8. The van der Waals surface area contributed by atoms with E-state index < -0.39 is 5.97 Å². The number of anilines is 2. The SMILES string of the molecule is CCCNc1cnc2c(c1)c(NC(=O)COC)c(C(=O)OC)n2CCCc1ccccc1. The molecule has 2 heterocycles. The van der Waals surface area contributed by atoms with Crippen molar-refractivity contribution in [1.29, 1.82) is 0 Å². The average molecular weight is 439 g/mol. The third kappa shape index (κ3) is 5.45. The van der Waals surface area contributed by atoms with Crippen molar-refractivity contribution in [2.45, 2.75) is 32.7 Å². The van der Waals surface area contributed by atoms with Gasteiger partial charge in [0.05, 0.1) is 24.7 Å². The molecule has 0 radical (unpaired) electrons. The summed E-state index contributed by atoms with van der Waals surface area (Å²) in [6, 6.07) is 12.1. The highest BCUT2D eigenvalue weighted by Crippen LogP contribution is 2.33. The molecule has 0 fully saturated rings. The highest BCUT2D eigenvalue weighted by molar-refractivity contribution is 6.11. The molecule has 3 rings (SSSR count). The van der Waals surface area contributed by atoms with E-state index in [4.69, 9.17) is 9.47 Å². The lowest BCUT2D eigenvalue weighted by Gasteiger charge is -2.11. The predicted octanol–water partition coefficient (Wildman–Crippen LogP) is 3.86. The molecule has 8 nitrogen and oxygen atoms in total. The molecule has 2 N–H and O–H groups in total. The highest BCUT2D eigenvalue weighted by Gasteiger charge is 2.26. The Morgan fingerprint density at radius 1 is 1.16 bits per heavy atom. The fourth-order valence-corrected chi connectivity index (χ4v) is 3.64. The molecule has 32 heavy (non-hydrogen) atoms. The number of nitrogens with zero attached hydrogens (tertiary/aromatic N) is 2. The Morgan fingerprint density at radius 2 is 1.94 bits per heavy atom. The van der Waals surface area contributed by atoms with Gasteiger partial charge in [0.25, 0.3) is 0 Å². The second-order valence-electron chi connectivity index (χ2n) is 7.46. The number of amides is 1. The zero-order valence-electron chi connectivity index (χ0n) is 18.8. The van der Waals surface area contributed by atoms with Crippen molar-refractivity contribution in [1.82, 2.24) is 9.55 Å². The first-order valence-corrected chi connectivity index (χ1v) is 10.8. The van der Waals surface area contributed by atoms with Crippen molar-refractivity contribution in [3.8, 4) is 0 Å². The van der Waals surface area contributed by atoms with Gasteiger partial charge in [-0.15, -0.1) is 0 Å². The predicted molar refractivity (Wildman–Crippen MR) is 125 cm³/mol. The van der Waals surface area contributed by atoms with Crippen LogP contribution in [0.25, 0.3) is 11.0 Å². The van der Waals surface area contributed by atoms with Gasteiger partial charge in [0.2, 0.25) is 5.91 Å². The summed E-state index contributed by atoms with van der Waals surface area (Å²) in [5, 5.41) is 6.81. The summed E-state index contributed by atoms with van der Waals surface area (Å²) in [6.45, 7) is 3.29. The molecule has 170 valence electrons. The number of rotatable bonds is 11. The van der Waals surface area contributed by atoms with Crippen LogP contribution < -0.4 is 10.6 Å². The number of hydrogen-bond acceptors (Lipinski definition) is 6. The fourth-order valence-electron chi connectivity index (χ4n) is 3.64. The van der Waals surface area contributed by atoms with E-state index in [0.717, 1.165) is 31.5 Å². The molecule has 0 saturated carbocycles. The lowest BCUT2D eigenvalue weighted by molar-refractivity contribution is -0.119. The number of benzene rings is 1. The van der Waals surface area contributed by atoms with Crippen LogP contribution in [0.2, 0.25) is 0 Å². The smallest absolute Gasteiger partial charge is 0.356 e. The number of aromatic nitrogens is 2. The number of carbonyl (C=O) groups excluding carboxylic acids is 2. The second-order valence-corrected chi connectivity index (χ2v) is 7.46. The number of nitrogens with one attached hydrogen (secondary N) is 2. The quantitative estimate of drug-likeness (QED) is 0.442. The Hall–Kier alpha value is -3.39. The zero-order chi connectivity index (χ0) is 22.9. The van der Waals surface area contributed by atoms with Crippen LogP contribution in [0.15, 0.2) is 42.6 Å². The van der Waals surface area contributed by atoms with Gasteiger partial charge >= 0.3 is 5.97 Å². The number of hydrogen-bond donors (Lipinski definition) is 2. The van der Waals surface area contributed by atoms with Crippen molar-refractivity contribution in [2.24, 2.45) is 0 Å². The molecular formula is C24H30N4O4. The first-order valence-electron chi connectivity index (χ1n) is 10.8. The monoisotopic (exact) mass is 438 g/mol. The third-order valence-corrected chi connectivity index (χ3v) is 5.09. The number of fused-ring (bicyclic) bond motifs is 1. The van der Waals surface area contributed by atoms with Crippen LogP contribution >= 0.6 is 0 Å². The summed E-state index contributed by atoms with van der Waals surface area (Å²) in [6.07, 6.45) is 4.35. The Kier molecular flexibility index (Phi) is 8.21. The Labute approximate surface area is 187 Å². The van der Waals surface area contributed by atoms with Crippen LogP contribution in [-0.4, -0.2) is 48.8 Å². The van der Waals surface area contributed by atoms with E-state index in [1.165, 1.54) is 19.8 Å². The van der Waals surface area contributed by atoms with Crippen molar-refractivity contribution >= 4 is 34.3 Å². The van der Waals surface area contributed by atoms with E-state index in [9.17, 15) is 9.59 Å². The Morgan fingerprint density at radius 3 is 2.62 bits per heavy atom. The summed E-state index contributed by atoms with van der Waals surface area (Å²) in [7, 11) is 2.78. The van der Waals surface area contributed by atoms with Crippen LogP contribution in [0.5, 0.6) is 0 Å². The van der Waals surface area contributed by atoms with Gasteiger partial charge in [-0.1, -0.05) is 37.3 Å². The number of pyridine rings is 1. The van der Waals surface area contributed by atoms with Crippen LogP contribution in [0.3, 0.4) is 0 Å². The molecule has 0 aliphatic heterocycles. The largest absolute Gasteiger partial charge is 0.464 e. The molecule has 3 aromatic rings. The standard InChI is InChI=1S/C24H30N4O4/c1-4-12-25-18-14-19-21(27-20(29)16-31-2)22(24(30)32-3)28(23(19)26-15-18)13-8-11-17-9-6-5-7-10-17/h5-7,9-10,14-15,25H,4,8,11-13,16H2,1-3H3,(H,27,29). The Balaban J connectivity index is 2.03. The van der Waals surface area contributed by atoms with Crippen molar-refractivity contribution in [3.63, 3.8) is 0 Å². The van der Waals surface area contributed by atoms with Crippen molar-refractivity contribution in [2.75, 3.05) is 38.0 Å². The highest BCUT2D eigenvalue weighted by atomic mass is 16.5. The molecule has 0 aliphatic rings. The van der Waals surface area contributed by atoms with E-state index in [1.807, 2.05) is 28.8 Å². The Bertz CT molecular complexity index is 1060. The molecule has 0 saturated heterocycles. The number of aryl methyl sites for hydroxylation is 2. The maximum atomic E-state index is 12.8. The lowest BCUT2D eigenvalue weighted by Crippen LogP contribution is -2.20. The van der Waals surface area contributed by atoms with Crippen LogP contribution in [0.4, 0.5) is 11.4 Å². The molecule has 0 atom stereocenters. The van der Waals surface area contributed by atoms with Gasteiger partial charge in [-0.05, 0) is 30.9 Å². The van der Waals surface area contributed by atoms with Crippen LogP contribution in [-0.2, 0) is 27.2 Å². The number of ether oxygens (including phenoxy) is 2. The van der Waals surface area contributed by atoms with Gasteiger partial charge in [-0.3, -0.25) is 4.79 Å². The number of carbonyl (C=O) groups is 2. The van der Waals surface area contributed by atoms with Gasteiger partial charge in [0, 0.05) is 25.6 Å². The number of methoxy groups -OCH3 is 2. The molecular weight excluding hydrogens is 408 g/mol. The maximum Gasteiger partial charge on any atom is 0.356 e. The summed E-state index contributed by atoms with van der Waals surface area (Å²) >= 11 is 0. The first kappa shape index (κ1) is 23.3. The van der Waals surface area contributed by atoms with Crippen molar-refractivity contribution < 1.29 is 19.1 Å². The maximum absolute atomic E-state index is 12.8. The minimum absolute atomic E-state index is 0.123. The molecule has 2 aromatic heterocycles. The van der Waals surface area contributed by atoms with Crippen LogP contribution in [0, 0.1) is 0 Å². The minimum atomic E-state index is -0.529. The van der Waals surface area contributed by atoms with Gasteiger partial charge in [0.15, 0.2) is 5.69 Å². The molecule has 0 bridgehead atoms. The molecule has 0 aliphatic carbocycles. The topological polar surface area (TPSA) is 94.5 Å². The van der Waals surface area contributed by atoms with Gasteiger partial charge in [0.1, 0.15) is 12.3 Å².